The Labute approximate surface area is 121 Å². The number of pyridine rings is 1. The highest BCUT2D eigenvalue weighted by Gasteiger charge is 2.09. The predicted molar refractivity (Wildman–Crippen MR) is 82.0 cm³/mol. The minimum absolute atomic E-state index is 0.0713. The summed E-state index contributed by atoms with van der Waals surface area (Å²) in [7, 11) is 1.86. The summed E-state index contributed by atoms with van der Waals surface area (Å²) in [5.41, 5.74) is 2.14. The average molecular weight is 284 g/mol. The van der Waals surface area contributed by atoms with Crippen molar-refractivity contribution in [3.05, 3.63) is 53.1 Å². The summed E-state index contributed by atoms with van der Waals surface area (Å²) < 4.78 is 1.60. The van der Waals surface area contributed by atoms with E-state index in [1.54, 1.807) is 10.8 Å². The molecule has 0 aliphatic heterocycles. The van der Waals surface area contributed by atoms with E-state index in [4.69, 9.17) is 5.11 Å². The summed E-state index contributed by atoms with van der Waals surface area (Å²) in [6.07, 6.45) is 1.66. The van der Waals surface area contributed by atoms with Crippen LogP contribution in [-0.4, -0.2) is 39.8 Å². The van der Waals surface area contributed by atoms with Gasteiger partial charge in [0, 0.05) is 13.6 Å². The number of H-pyrrole nitrogens is 1. The van der Waals surface area contributed by atoms with Gasteiger partial charge < -0.3 is 15.0 Å². The van der Waals surface area contributed by atoms with Gasteiger partial charge in [-0.15, -0.1) is 0 Å². The number of fused-ring (bicyclic) bond motifs is 1. The number of hydrogen-bond donors (Lipinski definition) is 2. The van der Waals surface area contributed by atoms with E-state index >= 15 is 0 Å². The first-order valence-electron chi connectivity index (χ1n) is 6.69. The lowest BCUT2D eigenvalue weighted by atomic mass is 10.3. The highest BCUT2D eigenvalue weighted by atomic mass is 16.3. The van der Waals surface area contributed by atoms with Crippen LogP contribution in [0.3, 0.4) is 0 Å². The monoisotopic (exact) mass is 284 g/mol. The Morgan fingerprint density at radius 2 is 2.10 bits per heavy atom. The number of hydrogen-bond acceptors (Lipinski definition) is 4. The zero-order valence-corrected chi connectivity index (χ0v) is 11.7. The molecule has 0 saturated carbocycles. The van der Waals surface area contributed by atoms with Crippen molar-refractivity contribution in [2.75, 3.05) is 25.1 Å². The fourth-order valence-corrected chi connectivity index (χ4v) is 2.31. The Hall–Kier alpha value is -2.60. The lowest BCUT2D eigenvalue weighted by Crippen LogP contribution is -2.22. The number of likely N-dealkylation sites (N-methyl/N-ethyl adjacent to an activating group) is 1. The standard InChI is InChI=1S/C15H16N4O2/c1-18(8-9-20)14-7-6-11(10-16-14)19-13-5-3-2-4-12(13)17-15(19)21/h2-7,10,20H,8-9H2,1H3,(H,17,21). The molecule has 2 heterocycles. The van der Waals surface area contributed by atoms with Crippen LogP contribution in [0.25, 0.3) is 16.7 Å². The van der Waals surface area contributed by atoms with Gasteiger partial charge in [-0.3, -0.25) is 4.57 Å². The molecule has 21 heavy (non-hydrogen) atoms. The smallest absolute Gasteiger partial charge is 0.331 e. The topological polar surface area (TPSA) is 74.2 Å². The van der Waals surface area contributed by atoms with Gasteiger partial charge in [-0.2, -0.15) is 0 Å². The molecule has 0 aliphatic rings. The molecule has 108 valence electrons. The molecule has 3 rings (SSSR count). The van der Waals surface area contributed by atoms with Crippen LogP contribution >= 0.6 is 0 Å². The van der Waals surface area contributed by atoms with Gasteiger partial charge in [0.2, 0.25) is 0 Å². The van der Waals surface area contributed by atoms with Crippen LogP contribution in [0.1, 0.15) is 0 Å². The number of aliphatic hydroxyl groups excluding tert-OH is 1. The van der Waals surface area contributed by atoms with E-state index in [1.165, 1.54) is 0 Å². The molecule has 2 aromatic heterocycles. The molecule has 0 radical (unpaired) electrons. The molecular formula is C15H16N4O2. The van der Waals surface area contributed by atoms with Crippen LogP contribution in [0.5, 0.6) is 0 Å². The lowest BCUT2D eigenvalue weighted by molar-refractivity contribution is 0.304. The van der Waals surface area contributed by atoms with E-state index in [1.807, 2.05) is 48.3 Å². The second-order valence-corrected chi connectivity index (χ2v) is 4.80. The van der Waals surface area contributed by atoms with Crippen LogP contribution in [0, 0.1) is 0 Å². The molecule has 2 N–H and O–H groups in total. The number of aliphatic hydroxyl groups is 1. The summed E-state index contributed by atoms with van der Waals surface area (Å²) in [5.74, 6) is 0.751. The van der Waals surface area contributed by atoms with E-state index in [2.05, 4.69) is 9.97 Å². The van der Waals surface area contributed by atoms with E-state index < -0.39 is 0 Å². The molecule has 6 heteroatoms. The van der Waals surface area contributed by atoms with Gasteiger partial charge in [-0.05, 0) is 24.3 Å². The van der Waals surface area contributed by atoms with E-state index in [9.17, 15) is 4.79 Å². The molecule has 0 bridgehead atoms. The number of anilines is 1. The molecule has 0 amide bonds. The molecule has 6 nitrogen and oxygen atoms in total. The Morgan fingerprint density at radius 1 is 1.29 bits per heavy atom. The van der Waals surface area contributed by atoms with E-state index in [0.29, 0.717) is 12.2 Å². The summed E-state index contributed by atoms with van der Waals surface area (Å²) in [5, 5.41) is 8.94. The molecule has 3 aromatic rings. The van der Waals surface area contributed by atoms with Crippen LogP contribution < -0.4 is 10.6 Å². The average Bonchev–Trinajstić information content (AvgIpc) is 2.83. The van der Waals surface area contributed by atoms with E-state index in [-0.39, 0.29) is 12.3 Å². The zero-order chi connectivity index (χ0) is 14.8. The maximum absolute atomic E-state index is 12.1. The molecule has 0 fully saturated rings. The lowest BCUT2D eigenvalue weighted by Gasteiger charge is -2.16. The summed E-state index contributed by atoms with van der Waals surface area (Å²) >= 11 is 0. The Balaban J connectivity index is 2.03. The minimum atomic E-state index is -0.186. The van der Waals surface area contributed by atoms with Crippen LogP contribution in [0.2, 0.25) is 0 Å². The summed E-state index contributed by atoms with van der Waals surface area (Å²) in [4.78, 5) is 21.1. The Morgan fingerprint density at radius 3 is 2.81 bits per heavy atom. The van der Waals surface area contributed by atoms with E-state index in [0.717, 1.165) is 16.9 Å². The van der Waals surface area contributed by atoms with Gasteiger partial charge in [0.05, 0.1) is 29.5 Å². The summed E-state index contributed by atoms with van der Waals surface area (Å²) in [6.45, 7) is 0.585. The molecule has 0 aliphatic carbocycles. The molecule has 0 spiro atoms. The van der Waals surface area contributed by atoms with Crippen molar-refractivity contribution < 1.29 is 5.11 Å². The van der Waals surface area contributed by atoms with Crippen molar-refractivity contribution in [3.63, 3.8) is 0 Å². The second kappa shape index (κ2) is 5.41. The zero-order valence-electron chi connectivity index (χ0n) is 11.7. The number of aromatic amines is 1. The van der Waals surface area contributed by atoms with Gasteiger partial charge in [-0.25, -0.2) is 9.78 Å². The minimum Gasteiger partial charge on any atom is -0.395 e. The van der Waals surface area contributed by atoms with Gasteiger partial charge in [0.25, 0.3) is 0 Å². The van der Waals surface area contributed by atoms with Crippen molar-refractivity contribution in [1.82, 2.24) is 14.5 Å². The molecule has 0 unspecified atom stereocenters. The molecule has 1 aromatic carbocycles. The van der Waals surface area contributed by atoms with Gasteiger partial charge in [0.1, 0.15) is 5.82 Å². The van der Waals surface area contributed by atoms with Crippen molar-refractivity contribution in [3.8, 4) is 5.69 Å². The number of aromatic nitrogens is 3. The molecule has 0 atom stereocenters. The Bertz CT molecular complexity index is 804. The largest absolute Gasteiger partial charge is 0.395 e. The fraction of sp³-hybridized carbons (Fsp3) is 0.200. The van der Waals surface area contributed by atoms with Crippen molar-refractivity contribution in [1.29, 1.82) is 0 Å². The highest BCUT2D eigenvalue weighted by molar-refractivity contribution is 5.77. The third kappa shape index (κ3) is 2.41. The Kier molecular flexibility index (Phi) is 3.45. The van der Waals surface area contributed by atoms with Gasteiger partial charge >= 0.3 is 5.69 Å². The number of rotatable bonds is 4. The molecule has 0 saturated heterocycles. The normalized spacial score (nSPS) is 11.0. The van der Waals surface area contributed by atoms with Crippen LogP contribution in [-0.2, 0) is 0 Å². The highest BCUT2D eigenvalue weighted by Crippen LogP contribution is 2.16. The second-order valence-electron chi connectivity index (χ2n) is 4.80. The quantitative estimate of drug-likeness (QED) is 0.753. The third-order valence-corrected chi connectivity index (χ3v) is 3.41. The van der Waals surface area contributed by atoms with Crippen molar-refractivity contribution in [2.45, 2.75) is 0 Å². The SMILES string of the molecule is CN(CCO)c1ccc(-n2c(=O)[nH]c3ccccc32)cn1. The maximum Gasteiger partial charge on any atom is 0.331 e. The maximum atomic E-state index is 12.1. The van der Waals surface area contributed by atoms with Crippen LogP contribution in [0.4, 0.5) is 5.82 Å². The predicted octanol–water partition coefficient (Wildman–Crippen LogP) is 1.14. The first-order valence-corrected chi connectivity index (χ1v) is 6.69. The number of benzene rings is 1. The molecular weight excluding hydrogens is 268 g/mol. The number of nitrogens with zero attached hydrogens (tertiary/aromatic N) is 3. The number of imidazole rings is 1. The first-order chi connectivity index (χ1) is 10.2. The fourth-order valence-electron chi connectivity index (χ4n) is 2.31. The third-order valence-electron chi connectivity index (χ3n) is 3.41. The van der Waals surface area contributed by atoms with Gasteiger partial charge in [-0.1, -0.05) is 12.1 Å². The first kappa shape index (κ1) is 13.4. The van der Waals surface area contributed by atoms with Crippen molar-refractivity contribution in [2.24, 2.45) is 0 Å². The number of para-hydroxylation sites is 2. The van der Waals surface area contributed by atoms with Crippen LogP contribution in [0.15, 0.2) is 47.4 Å². The summed E-state index contributed by atoms with van der Waals surface area (Å²) in [6, 6.07) is 11.2. The number of nitrogens with one attached hydrogen (secondary N) is 1. The van der Waals surface area contributed by atoms with Gasteiger partial charge in [0.15, 0.2) is 0 Å². The van der Waals surface area contributed by atoms with Crippen molar-refractivity contribution >= 4 is 16.9 Å².